The zero-order chi connectivity index (χ0) is 14.3. The van der Waals surface area contributed by atoms with Crippen LogP contribution >= 0.6 is 35.8 Å². The lowest BCUT2D eigenvalue weighted by molar-refractivity contribution is 1.09. The number of rotatable bonds is 2. The summed E-state index contributed by atoms with van der Waals surface area (Å²) in [6.45, 7) is 4.25. The minimum Gasteiger partial charge on any atom is -0.338 e. The Morgan fingerprint density at radius 3 is 2.47 bits per heavy atom. The lowest BCUT2D eigenvalue weighted by Gasteiger charge is -2.08. The van der Waals surface area contributed by atoms with Gasteiger partial charge in [-0.1, -0.05) is 44.0 Å². The molecule has 0 fully saturated rings. The van der Waals surface area contributed by atoms with E-state index in [4.69, 9.17) is 23.2 Å². The van der Waals surface area contributed by atoms with E-state index in [0.29, 0.717) is 10.8 Å². The minimum absolute atomic E-state index is 0.142. The fourth-order valence-corrected chi connectivity index (χ4v) is 1.63. The Hall–Kier alpha value is -0.970. The highest BCUT2D eigenvalue weighted by atomic mass is 35.5. The van der Waals surface area contributed by atoms with Gasteiger partial charge in [-0.25, -0.2) is 4.98 Å². The number of hydrogen-bond donors (Lipinski definition) is 2. The number of aromatic nitrogens is 2. The Balaban J connectivity index is 0.000000550. The third kappa shape index (κ3) is 5.27. The van der Waals surface area contributed by atoms with Crippen molar-refractivity contribution in [3.8, 4) is 0 Å². The Bertz CT molecular complexity index is 535. The second-order valence-corrected chi connectivity index (χ2v) is 4.91. The molecule has 19 heavy (non-hydrogen) atoms. The van der Waals surface area contributed by atoms with Crippen LogP contribution in [0.15, 0.2) is 35.4 Å². The molecular formula is C13H15Cl2N3S. The Morgan fingerprint density at radius 2 is 1.84 bits per heavy atom. The van der Waals surface area contributed by atoms with E-state index in [1.807, 2.05) is 24.3 Å². The first-order valence-electron chi connectivity index (χ1n) is 5.81. The fraction of sp³-hybridized carbons (Fsp3) is 0.231. The summed E-state index contributed by atoms with van der Waals surface area (Å²) in [7, 11) is 0. The quantitative estimate of drug-likeness (QED) is 0.588. The maximum Gasteiger partial charge on any atom is 0.224 e. The van der Waals surface area contributed by atoms with Crippen molar-refractivity contribution in [2.24, 2.45) is 0 Å². The first-order valence-corrected chi connectivity index (χ1v) is 7.01. The predicted octanol–water partition coefficient (Wildman–Crippen LogP) is 5.23. The summed E-state index contributed by atoms with van der Waals surface area (Å²) in [6, 6.07) is 7.51. The van der Waals surface area contributed by atoms with Gasteiger partial charge in [0.25, 0.3) is 0 Å². The highest BCUT2D eigenvalue weighted by molar-refractivity contribution is 7.80. The molecule has 0 spiro atoms. The Morgan fingerprint density at radius 1 is 1.21 bits per heavy atom. The molecule has 1 aromatic carbocycles. The van der Waals surface area contributed by atoms with E-state index in [9.17, 15) is 0 Å². The molecule has 0 saturated heterocycles. The summed E-state index contributed by atoms with van der Waals surface area (Å²) in [4.78, 5) is 8.55. The van der Waals surface area contributed by atoms with Gasteiger partial charge in [0.1, 0.15) is 5.02 Å². The second-order valence-electron chi connectivity index (χ2n) is 3.68. The minimum atomic E-state index is 0.142. The Labute approximate surface area is 128 Å². The van der Waals surface area contributed by atoms with E-state index in [1.165, 1.54) is 12.6 Å². The maximum atomic E-state index is 5.93. The zero-order valence-corrected chi connectivity index (χ0v) is 13.1. The molecule has 2 aromatic rings. The van der Waals surface area contributed by atoms with Crippen LogP contribution in [0.1, 0.15) is 20.3 Å². The highest BCUT2D eigenvalue weighted by Crippen LogP contribution is 2.27. The summed E-state index contributed by atoms with van der Waals surface area (Å²) in [5, 5.41) is 3.58. The highest BCUT2D eigenvalue weighted by Gasteiger charge is 2.05. The average Bonchev–Trinajstić information content (AvgIpc) is 2.37. The second kappa shape index (κ2) is 8.25. The lowest BCUT2D eigenvalue weighted by atomic mass is 10.3. The number of benzene rings is 1. The first kappa shape index (κ1) is 16.1. The molecule has 0 aliphatic carbocycles. The van der Waals surface area contributed by atoms with Crippen LogP contribution in [-0.2, 0) is 0 Å². The molecule has 1 aromatic heterocycles. The molecule has 0 atom stereocenters. The van der Waals surface area contributed by atoms with E-state index in [1.54, 1.807) is 0 Å². The maximum absolute atomic E-state index is 5.93. The number of para-hydroxylation sites is 1. The van der Waals surface area contributed by atoms with Gasteiger partial charge >= 0.3 is 0 Å². The molecular weight excluding hydrogens is 301 g/mol. The number of thiol groups is 1. The average molecular weight is 316 g/mol. The van der Waals surface area contributed by atoms with E-state index in [2.05, 4.69) is 41.8 Å². The van der Waals surface area contributed by atoms with Gasteiger partial charge < -0.3 is 5.32 Å². The Kier molecular flexibility index (Phi) is 6.99. The van der Waals surface area contributed by atoms with Gasteiger partial charge in [-0.3, -0.25) is 0 Å². The molecule has 2 rings (SSSR count). The van der Waals surface area contributed by atoms with Crippen LogP contribution in [-0.4, -0.2) is 9.97 Å². The van der Waals surface area contributed by atoms with Crippen LogP contribution in [0.4, 0.5) is 11.5 Å². The smallest absolute Gasteiger partial charge is 0.224 e. The molecule has 0 aliphatic rings. The fourth-order valence-electron chi connectivity index (χ4n) is 1.14. The monoisotopic (exact) mass is 315 g/mol. The van der Waals surface area contributed by atoms with Crippen molar-refractivity contribution >= 4 is 47.3 Å². The van der Waals surface area contributed by atoms with Crippen molar-refractivity contribution in [1.82, 2.24) is 9.97 Å². The topological polar surface area (TPSA) is 37.8 Å². The standard InChI is InChI=1S/C10H7Cl2N3S.C3H8/c11-6-5-13-10(12)15-9(6)14-7-3-1-2-4-8(7)16;1-3-2/h1-5,16H,(H,13,14,15);3H2,1-2H3. The summed E-state index contributed by atoms with van der Waals surface area (Å²) in [5.41, 5.74) is 0.808. The molecule has 3 nitrogen and oxygen atoms in total. The van der Waals surface area contributed by atoms with Crippen molar-refractivity contribution in [3.05, 3.63) is 40.8 Å². The molecule has 102 valence electrons. The van der Waals surface area contributed by atoms with Gasteiger partial charge in [-0.2, -0.15) is 4.98 Å². The molecule has 6 heteroatoms. The molecule has 0 unspecified atom stereocenters. The van der Waals surface area contributed by atoms with Gasteiger partial charge in [0.05, 0.1) is 11.9 Å². The lowest BCUT2D eigenvalue weighted by Crippen LogP contribution is -1.96. The van der Waals surface area contributed by atoms with Crippen molar-refractivity contribution in [2.45, 2.75) is 25.2 Å². The van der Waals surface area contributed by atoms with E-state index in [0.717, 1.165) is 10.6 Å². The number of halogens is 2. The van der Waals surface area contributed by atoms with Crippen LogP contribution in [0.25, 0.3) is 0 Å². The molecule has 0 radical (unpaired) electrons. The summed E-state index contributed by atoms with van der Waals surface area (Å²) in [6.07, 6.45) is 2.69. The zero-order valence-electron chi connectivity index (χ0n) is 10.7. The number of anilines is 2. The third-order valence-electron chi connectivity index (χ3n) is 1.87. The van der Waals surface area contributed by atoms with Crippen LogP contribution in [0.3, 0.4) is 0 Å². The summed E-state index contributed by atoms with van der Waals surface area (Å²) < 4.78 is 0. The van der Waals surface area contributed by atoms with Gasteiger partial charge in [0, 0.05) is 4.90 Å². The van der Waals surface area contributed by atoms with Crippen LogP contribution in [0.5, 0.6) is 0 Å². The molecule has 0 saturated carbocycles. The largest absolute Gasteiger partial charge is 0.338 e. The van der Waals surface area contributed by atoms with Crippen molar-refractivity contribution in [3.63, 3.8) is 0 Å². The first-order chi connectivity index (χ1) is 9.08. The summed E-state index contributed by atoms with van der Waals surface area (Å²) >= 11 is 15.9. The van der Waals surface area contributed by atoms with Crippen molar-refractivity contribution < 1.29 is 0 Å². The van der Waals surface area contributed by atoms with Gasteiger partial charge in [-0.15, -0.1) is 12.6 Å². The van der Waals surface area contributed by atoms with Crippen LogP contribution in [0, 0.1) is 0 Å². The predicted molar refractivity (Wildman–Crippen MR) is 85.0 cm³/mol. The SMILES string of the molecule is CCC.Sc1ccccc1Nc1nc(Cl)ncc1Cl. The van der Waals surface area contributed by atoms with Crippen molar-refractivity contribution in [2.75, 3.05) is 5.32 Å². The van der Waals surface area contributed by atoms with E-state index >= 15 is 0 Å². The van der Waals surface area contributed by atoms with Crippen LogP contribution in [0.2, 0.25) is 10.3 Å². The van der Waals surface area contributed by atoms with E-state index in [-0.39, 0.29) is 5.28 Å². The van der Waals surface area contributed by atoms with Crippen molar-refractivity contribution in [1.29, 1.82) is 0 Å². The van der Waals surface area contributed by atoms with Gasteiger partial charge in [0.15, 0.2) is 5.82 Å². The normalized spacial score (nSPS) is 9.53. The van der Waals surface area contributed by atoms with Gasteiger partial charge in [-0.05, 0) is 23.7 Å². The molecule has 0 bridgehead atoms. The van der Waals surface area contributed by atoms with Gasteiger partial charge in [0.2, 0.25) is 5.28 Å². The molecule has 0 aliphatic heterocycles. The molecule has 0 amide bonds. The third-order valence-corrected chi connectivity index (χ3v) is 2.72. The van der Waals surface area contributed by atoms with E-state index < -0.39 is 0 Å². The summed E-state index contributed by atoms with van der Waals surface area (Å²) in [5.74, 6) is 0.461. The number of nitrogens with one attached hydrogen (secondary N) is 1. The molecule has 1 N–H and O–H groups in total. The number of nitrogens with zero attached hydrogens (tertiary/aromatic N) is 2. The van der Waals surface area contributed by atoms with Crippen LogP contribution < -0.4 is 5.32 Å². The molecule has 1 heterocycles. The number of hydrogen-bond acceptors (Lipinski definition) is 4.